The van der Waals surface area contributed by atoms with E-state index >= 15 is 0 Å². The molecule has 2 nitrogen and oxygen atoms in total. The van der Waals surface area contributed by atoms with Gasteiger partial charge in [0, 0.05) is 22.1 Å². The van der Waals surface area contributed by atoms with E-state index in [2.05, 4.69) is 184 Å². The fourth-order valence-corrected chi connectivity index (χ4v) is 8.41. The lowest BCUT2D eigenvalue weighted by atomic mass is 9.81. The van der Waals surface area contributed by atoms with Crippen LogP contribution in [0.4, 0.5) is 0 Å². The highest BCUT2D eigenvalue weighted by molar-refractivity contribution is 6.05. The normalized spacial score (nSPS) is 12.7. The fourth-order valence-electron chi connectivity index (χ4n) is 8.41. The van der Waals surface area contributed by atoms with Crippen molar-refractivity contribution in [3.8, 4) is 78.4 Å². The molecule has 260 valence electrons. The number of benzene rings is 8. The van der Waals surface area contributed by atoms with Gasteiger partial charge in [0.25, 0.3) is 0 Å². The fraction of sp³-hybridized carbons (Fsp3) is 0.0566. The Morgan fingerprint density at radius 3 is 1.47 bits per heavy atom. The van der Waals surface area contributed by atoms with E-state index in [1.807, 2.05) is 24.3 Å². The predicted molar refractivity (Wildman–Crippen MR) is 230 cm³/mol. The molecule has 1 heterocycles. The molecule has 0 radical (unpaired) electrons. The molecule has 0 unspecified atom stereocenters. The molecule has 1 aromatic heterocycles. The van der Waals surface area contributed by atoms with Crippen LogP contribution in [0.25, 0.3) is 89.2 Å². The summed E-state index contributed by atoms with van der Waals surface area (Å²) in [5, 5.41) is 2.36. The number of aromatic nitrogens is 2. The van der Waals surface area contributed by atoms with Crippen molar-refractivity contribution < 1.29 is 0 Å². The van der Waals surface area contributed by atoms with Crippen LogP contribution < -0.4 is 0 Å². The molecule has 0 spiro atoms. The average molecular weight is 703 g/mol. The summed E-state index contributed by atoms with van der Waals surface area (Å²) >= 11 is 0. The summed E-state index contributed by atoms with van der Waals surface area (Å²) in [4.78, 5) is 10.2. The van der Waals surface area contributed by atoms with E-state index in [1.165, 1.54) is 61.0 Å². The number of nitrogens with zero attached hydrogens (tertiary/aromatic N) is 2. The van der Waals surface area contributed by atoms with Crippen molar-refractivity contribution in [3.05, 3.63) is 205 Å². The maximum Gasteiger partial charge on any atom is 0.160 e. The first-order chi connectivity index (χ1) is 27.0. The molecular formula is C53H38N2. The van der Waals surface area contributed by atoms with Crippen LogP contribution in [-0.4, -0.2) is 9.97 Å². The van der Waals surface area contributed by atoms with Crippen molar-refractivity contribution in [3.63, 3.8) is 0 Å². The smallest absolute Gasteiger partial charge is 0.160 e. The van der Waals surface area contributed by atoms with Crippen LogP contribution >= 0.6 is 0 Å². The highest BCUT2D eigenvalue weighted by atomic mass is 14.9. The van der Waals surface area contributed by atoms with E-state index in [-0.39, 0.29) is 5.41 Å². The third-order valence-corrected chi connectivity index (χ3v) is 11.4. The van der Waals surface area contributed by atoms with Crippen molar-refractivity contribution in [2.45, 2.75) is 19.3 Å². The van der Waals surface area contributed by atoms with Crippen LogP contribution in [0.2, 0.25) is 0 Å². The van der Waals surface area contributed by atoms with Gasteiger partial charge in [-0.25, -0.2) is 9.97 Å². The molecule has 0 aliphatic heterocycles. The van der Waals surface area contributed by atoms with Crippen LogP contribution in [0, 0.1) is 0 Å². The molecule has 0 N–H and O–H groups in total. The third-order valence-electron chi connectivity index (χ3n) is 11.4. The number of hydrogen-bond acceptors (Lipinski definition) is 2. The van der Waals surface area contributed by atoms with E-state index in [9.17, 15) is 0 Å². The van der Waals surface area contributed by atoms with Gasteiger partial charge in [-0.15, -0.1) is 0 Å². The van der Waals surface area contributed by atoms with Gasteiger partial charge in [-0.05, 0) is 78.5 Å². The van der Waals surface area contributed by atoms with Crippen molar-refractivity contribution in [2.24, 2.45) is 0 Å². The molecule has 0 bridgehead atoms. The standard InChI is InChI=1S/C53H38N2/c1-53(2)48-20-12-11-19-45(48)46-30-29-41(33-49(46)53)37-23-21-35(22-24-37)36-25-27-38(28-26-36)42-31-32-47(44-18-10-9-17-43(42)44)51-34-50(39-13-5-3-6-14-39)54-52(55-51)40-15-7-4-8-16-40/h3-34H,1-2H3. The van der Waals surface area contributed by atoms with Crippen LogP contribution in [0.1, 0.15) is 25.0 Å². The topological polar surface area (TPSA) is 25.8 Å². The van der Waals surface area contributed by atoms with Gasteiger partial charge in [0.05, 0.1) is 11.4 Å². The van der Waals surface area contributed by atoms with Crippen LogP contribution in [-0.2, 0) is 5.41 Å². The molecule has 9 aromatic rings. The van der Waals surface area contributed by atoms with Gasteiger partial charge in [0.2, 0.25) is 0 Å². The Hall–Kier alpha value is -6.90. The molecule has 10 rings (SSSR count). The zero-order valence-corrected chi connectivity index (χ0v) is 30.9. The summed E-state index contributed by atoms with van der Waals surface area (Å²) in [7, 11) is 0. The largest absolute Gasteiger partial charge is 0.228 e. The molecule has 55 heavy (non-hydrogen) atoms. The van der Waals surface area contributed by atoms with Gasteiger partial charge < -0.3 is 0 Å². The number of hydrogen-bond donors (Lipinski definition) is 0. The minimum absolute atomic E-state index is 0.0109. The van der Waals surface area contributed by atoms with Gasteiger partial charge in [0.15, 0.2) is 5.82 Å². The molecule has 1 aliphatic rings. The highest BCUT2D eigenvalue weighted by Crippen LogP contribution is 2.49. The summed E-state index contributed by atoms with van der Waals surface area (Å²) in [6.07, 6.45) is 0. The molecule has 0 saturated carbocycles. The zero-order chi connectivity index (χ0) is 36.9. The van der Waals surface area contributed by atoms with Gasteiger partial charge >= 0.3 is 0 Å². The quantitative estimate of drug-likeness (QED) is 0.172. The van der Waals surface area contributed by atoms with Crippen LogP contribution in [0.3, 0.4) is 0 Å². The van der Waals surface area contributed by atoms with E-state index in [4.69, 9.17) is 9.97 Å². The summed E-state index contributed by atoms with van der Waals surface area (Å²) in [6.45, 7) is 4.68. The minimum atomic E-state index is -0.0109. The second-order valence-corrected chi connectivity index (χ2v) is 15.0. The van der Waals surface area contributed by atoms with Gasteiger partial charge in [-0.3, -0.25) is 0 Å². The Bertz CT molecular complexity index is 2800. The molecule has 0 saturated heterocycles. The zero-order valence-electron chi connectivity index (χ0n) is 30.9. The Labute approximate surface area is 322 Å². The Morgan fingerprint density at radius 2 is 0.782 bits per heavy atom. The van der Waals surface area contributed by atoms with Gasteiger partial charge in [0.1, 0.15) is 0 Å². The first-order valence-corrected chi connectivity index (χ1v) is 19.0. The van der Waals surface area contributed by atoms with E-state index in [0.29, 0.717) is 0 Å². The van der Waals surface area contributed by atoms with Crippen LogP contribution in [0.15, 0.2) is 194 Å². The average Bonchev–Trinajstić information content (AvgIpc) is 3.49. The first kappa shape index (κ1) is 32.7. The lowest BCUT2D eigenvalue weighted by molar-refractivity contribution is 0.660. The lowest BCUT2D eigenvalue weighted by Crippen LogP contribution is -2.14. The SMILES string of the molecule is CC1(C)c2ccccc2-c2ccc(-c3ccc(-c4ccc(-c5ccc(-c6cc(-c7ccccc7)nc(-c7ccccc7)n6)c6ccccc56)cc4)cc3)cc21. The summed E-state index contributed by atoms with van der Waals surface area (Å²) in [5.74, 6) is 0.718. The second-order valence-electron chi connectivity index (χ2n) is 15.0. The molecule has 8 aromatic carbocycles. The third kappa shape index (κ3) is 5.75. The van der Waals surface area contributed by atoms with Gasteiger partial charge in [-0.2, -0.15) is 0 Å². The van der Waals surface area contributed by atoms with E-state index in [1.54, 1.807) is 0 Å². The molecule has 0 amide bonds. The Kier molecular flexibility index (Phi) is 7.85. The molecule has 2 heteroatoms. The molecule has 1 aliphatic carbocycles. The lowest BCUT2D eigenvalue weighted by Gasteiger charge is -2.22. The Morgan fingerprint density at radius 1 is 0.309 bits per heavy atom. The van der Waals surface area contributed by atoms with E-state index in [0.717, 1.165) is 39.3 Å². The molecule has 0 atom stereocenters. The van der Waals surface area contributed by atoms with Crippen molar-refractivity contribution in [1.29, 1.82) is 0 Å². The highest BCUT2D eigenvalue weighted by Gasteiger charge is 2.35. The second kappa shape index (κ2) is 13.2. The van der Waals surface area contributed by atoms with E-state index < -0.39 is 0 Å². The van der Waals surface area contributed by atoms with Crippen molar-refractivity contribution >= 4 is 10.8 Å². The number of fused-ring (bicyclic) bond motifs is 4. The maximum atomic E-state index is 5.14. The monoisotopic (exact) mass is 702 g/mol. The van der Waals surface area contributed by atoms with Crippen LogP contribution in [0.5, 0.6) is 0 Å². The summed E-state index contributed by atoms with van der Waals surface area (Å²) in [5.41, 5.74) is 17.7. The van der Waals surface area contributed by atoms with Crippen molar-refractivity contribution in [2.75, 3.05) is 0 Å². The van der Waals surface area contributed by atoms with Gasteiger partial charge in [-0.1, -0.05) is 196 Å². The minimum Gasteiger partial charge on any atom is -0.228 e. The van der Waals surface area contributed by atoms with Crippen molar-refractivity contribution in [1.82, 2.24) is 9.97 Å². The maximum absolute atomic E-state index is 5.14. The molecular weight excluding hydrogens is 665 g/mol. The first-order valence-electron chi connectivity index (χ1n) is 19.0. The Balaban J connectivity index is 0.965. The number of rotatable bonds is 6. The molecule has 0 fully saturated rings. The predicted octanol–water partition coefficient (Wildman–Crippen LogP) is 13.9. The summed E-state index contributed by atoms with van der Waals surface area (Å²) in [6, 6.07) is 69.6. The summed E-state index contributed by atoms with van der Waals surface area (Å²) < 4.78 is 0.